The number of ether oxygens (including phenoxy) is 4. The molecule has 2 atom stereocenters. The lowest BCUT2D eigenvalue weighted by molar-refractivity contribution is -0.151. The van der Waals surface area contributed by atoms with E-state index in [0.29, 0.717) is 25.9 Å². The Morgan fingerprint density at radius 3 is 1.68 bits per heavy atom. The number of hydrogen-bond donors (Lipinski definition) is 4. The van der Waals surface area contributed by atoms with Gasteiger partial charge in [0, 0.05) is 13.1 Å². The number of hydrogen-bond acceptors (Lipinski definition) is 10. The van der Waals surface area contributed by atoms with Gasteiger partial charge in [0.1, 0.15) is 25.9 Å². The smallest absolute Gasteiger partial charge is 0.407 e. The fraction of sp³-hybridized carbons (Fsp3) is 0.818. The van der Waals surface area contributed by atoms with Crippen LogP contribution in [-0.4, -0.2) is 86.1 Å². The maximum atomic E-state index is 11.7. The first-order valence-electron chi connectivity index (χ1n) is 11.5. The number of aliphatic hydroxyl groups excluding tert-OH is 2. The van der Waals surface area contributed by atoms with Crippen LogP contribution < -0.4 is 10.6 Å². The first-order valence-corrected chi connectivity index (χ1v) is 11.5. The fourth-order valence-corrected chi connectivity index (χ4v) is 2.26. The van der Waals surface area contributed by atoms with Crippen molar-refractivity contribution in [2.24, 2.45) is 11.8 Å². The summed E-state index contributed by atoms with van der Waals surface area (Å²) in [5.41, 5.74) is 0. The van der Waals surface area contributed by atoms with Crippen LogP contribution >= 0.6 is 0 Å². The Hall–Kier alpha value is -2.60. The Morgan fingerprint density at radius 1 is 0.706 bits per heavy atom. The van der Waals surface area contributed by atoms with Gasteiger partial charge in [-0.3, -0.25) is 9.59 Å². The van der Waals surface area contributed by atoms with E-state index in [2.05, 4.69) is 10.6 Å². The van der Waals surface area contributed by atoms with Crippen LogP contribution in [0.5, 0.6) is 0 Å². The summed E-state index contributed by atoms with van der Waals surface area (Å²) < 4.78 is 19.6. The Bertz CT molecular complexity index is 612. The highest BCUT2D eigenvalue weighted by atomic mass is 16.6. The summed E-state index contributed by atoms with van der Waals surface area (Å²) in [6.45, 7) is 6.27. The largest absolute Gasteiger partial charge is 0.463 e. The van der Waals surface area contributed by atoms with Crippen molar-refractivity contribution >= 4 is 24.1 Å². The summed E-state index contributed by atoms with van der Waals surface area (Å²) in [4.78, 5) is 46.0. The molecule has 12 nitrogen and oxygen atoms in total. The van der Waals surface area contributed by atoms with Crippen molar-refractivity contribution in [1.29, 1.82) is 0 Å². The van der Waals surface area contributed by atoms with E-state index in [9.17, 15) is 29.4 Å². The van der Waals surface area contributed by atoms with Gasteiger partial charge in [0.2, 0.25) is 0 Å². The Balaban J connectivity index is 3.71. The van der Waals surface area contributed by atoms with Gasteiger partial charge in [0.25, 0.3) is 0 Å². The van der Waals surface area contributed by atoms with Crippen molar-refractivity contribution in [3.05, 3.63) is 0 Å². The predicted octanol–water partition coefficient (Wildman–Crippen LogP) is 1.12. The molecule has 0 aromatic carbocycles. The second kappa shape index (κ2) is 18.8. The third-order valence-electron chi connectivity index (χ3n) is 4.30. The average Bonchev–Trinajstić information content (AvgIpc) is 2.79. The van der Waals surface area contributed by atoms with E-state index in [0.717, 1.165) is 12.8 Å². The number of unbranched alkanes of at least 4 members (excludes halogenated alkanes) is 3. The zero-order valence-electron chi connectivity index (χ0n) is 20.5. The van der Waals surface area contributed by atoms with E-state index in [1.54, 1.807) is 27.7 Å². The molecule has 0 aliphatic rings. The van der Waals surface area contributed by atoms with Crippen molar-refractivity contribution in [1.82, 2.24) is 10.6 Å². The van der Waals surface area contributed by atoms with Crippen molar-refractivity contribution in [2.75, 3.05) is 39.5 Å². The zero-order chi connectivity index (χ0) is 25.9. The molecule has 2 unspecified atom stereocenters. The van der Waals surface area contributed by atoms with Crippen molar-refractivity contribution in [2.45, 2.75) is 65.6 Å². The molecule has 0 fully saturated rings. The third-order valence-corrected chi connectivity index (χ3v) is 4.30. The van der Waals surface area contributed by atoms with Crippen LogP contribution in [0, 0.1) is 11.8 Å². The fourth-order valence-electron chi connectivity index (χ4n) is 2.26. The normalized spacial score (nSPS) is 12.6. The number of alkyl carbamates (subject to hydrolysis) is 2. The lowest BCUT2D eigenvalue weighted by atomic mass is 10.2. The first kappa shape index (κ1) is 31.4. The molecular weight excluding hydrogens is 452 g/mol. The maximum Gasteiger partial charge on any atom is 0.407 e. The molecule has 4 N–H and O–H groups in total. The van der Waals surface area contributed by atoms with Crippen LogP contribution in [0.15, 0.2) is 0 Å². The van der Waals surface area contributed by atoms with E-state index in [1.807, 2.05) is 0 Å². The van der Waals surface area contributed by atoms with Gasteiger partial charge in [-0.05, 0) is 12.8 Å². The Labute approximate surface area is 200 Å². The van der Waals surface area contributed by atoms with E-state index >= 15 is 0 Å². The van der Waals surface area contributed by atoms with Gasteiger partial charge in [-0.15, -0.1) is 0 Å². The highest BCUT2D eigenvalue weighted by Crippen LogP contribution is 2.02. The number of carbonyl (C=O) groups is 4. The monoisotopic (exact) mass is 492 g/mol. The van der Waals surface area contributed by atoms with Gasteiger partial charge in [-0.1, -0.05) is 40.5 Å². The molecule has 12 heteroatoms. The Kier molecular flexibility index (Phi) is 17.3. The van der Waals surface area contributed by atoms with E-state index in [1.165, 1.54) is 0 Å². The summed E-state index contributed by atoms with van der Waals surface area (Å²) in [7, 11) is 0. The van der Waals surface area contributed by atoms with Crippen LogP contribution in [0.25, 0.3) is 0 Å². The first-order chi connectivity index (χ1) is 16.1. The molecule has 0 rings (SSSR count). The van der Waals surface area contributed by atoms with Gasteiger partial charge in [0.05, 0.1) is 18.4 Å². The molecule has 198 valence electrons. The van der Waals surface area contributed by atoms with Gasteiger partial charge in [-0.25, -0.2) is 9.59 Å². The van der Waals surface area contributed by atoms with Crippen molar-refractivity contribution < 1.29 is 48.3 Å². The summed E-state index contributed by atoms with van der Waals surface area (Å²) in [5.74, 6) is -1.48. The summed E-state index contributed by atoms with van der Waals surface area (Å²) in [5, 5.41) is 24.0. The third kappa shape index (κ3) is 17.0. The molecule has 0 heterocycles. The lowest BCUT2D eigenvalue weighted by Crippen LogP contribution is -2.34. The predicted molar refractivity (Wildman–Crippen MR) is 121 cm³/mol. The van der Waals surface area contributed by atoms with Crippen molar-refractivity contribution in [3.63, 3.8) is 0 Å². The van der Waals surface area contributed by atoms with Crippen LogP contribution in [-0.2, 0) is 28.5 Å². The van der Waals surface area contributed by atoms with Crippen LogP contribution in [0.2, 0.25) is 0 Å². The number of amides is 2. The molecule has 0 aromatic rings. The van der Waals surface area contributed by atoms with E-state index in [-0.39, 0.29) is 31.7 Å². The van der Waals surface area contributed by atoms with Gasteiger partial charge < -0.3 is 39.8 Å². The second-order valence-corrected chi connectivity index (χ2v) is 8.30. The zero-order valence-corrected chi connectivity index (χ0v) is 20.5. The minimum absolute atomic E-state index is 0.207. The van der Waals surface area contributed by atoms with E-state index < -0.39 is 42.9 Å². The summed E-state index contributed by atoms with van der Waals surface area (Å²) in [6.07, 6.45) is -0.405. The summed E-state index contributed by atoms with van der Waals surface area (Å²) in [6, 6.07) is 0. The SMILES string of the molecule is CC(C)C(=O)OCC(O)COC(=O)NCCCCCCNC(=O)OC(CO)COC(=O)C(C)C. The number of esters is 2. The number of aliphatic hydroxyl groups is 2. The second-order valence-electron chi connectivity index (χ2n) is 8.30. The number of nitrogens with one attached hydrogen (secondary N) is 2. The molecule has 0 aliphatic carbocycles. The van der Waals surface area contributed by atoms with E-state index in [4.69, 9.17) is 18.9 Å². The van der Waals surface area contributed by atoms with Gasteiger partial charge in [0.15, 0.2) is 6.10 Å². The standard InChI is InChI=1S/C22H40N2O10/c1-15(2)19(27)31-12-17(26)13-33-21(29)23-9-7-5-6-8-10-24-22(30)34-18(11-25)14-32-20(28)16(3)4/h15-18,25-26H,5-14H2,1-4H3,(H,23,29)(H,24,30). The van der Waals surface area contributed by atoms with Crippen LogP contribution in [0.1, 0.15) is 53.4 Å². The Morgan fingerprint density at radius 2 is 1.18 bits per heavy atom. The van der Waals surface area contributed by atoms with Crippen LogP contribution in [0.3, 0.4) is 0 Å². The van der Waals surface area contributed by atoms with Crippen LogP contribution in [0.4, 0.5) is 9.59 Å². The highest BCUT2D eigenvalue weighted by molar-refractivity contribution is 5.72. The highest BCUT2D eigenvalue weighted by Gasteiger charge is 2.17. The molecule has 0 bridgehead atoms. The topological polar surface area (TPSA) is 170 Å². The molecule has 0 aliphatic heterocycles. The molecule has 0 saturated heterocycles. The molecule has 0 aromatic heterocycles. The van der Waals surface area contributed by atoms with Gasteiger partial charge >= 0.3 is 24.1 Å². The quantitative estimate of drug-likeness (QED) is 0.131. The summed E-state index contributed by atoms with van der Waals surface area (Å²) >= 11 is 0. The van der Waals surface area contributed by atoms with Crippen molar-refractivity contribution in [3.8, 4) is 0 Å². The molecule has 0 radical (unpaired) electrons. The molecule has 34 heavy (non-hydrogen) atoms. The minimum Gasteiger partial charge on any atom is -0.463 e. The maximum absolute atomic E-state index is 11.7. The molecular formula is C22H40N2O10. The molecule has 2 amide bonds. The number of carbonyl (C=O) groups excluding carboxylic acids is 4. The average molecular weight is 493 g/mol. The lowest BCUT2D eigenvalue weighted by Gasteiger charge is -2.16. The molecule has 0 saturated carbocycles. The number of rotatable bonds is 17. The minimum atomic E-state index is -1.09. The molecule has 0 spiro atoms. The van der Waals surface area contributed by atoms with Gasteiger partial charge in [-0.2, -0.15) is 0 Å².